The molecule has 1 aromatic rings. The second-order valence-corrected chi connectivity index (χ2v) is 7.48. The molecule has 1 heterocycles. The first-order chi connectivity index (χ1) is 9.63. The summed E-state index contributed by atoms with van der Waals surface area (Å²) >= 11 is 0. The van der Waals surface area contributed by atoms with Gasteiger partial charge in [0.15, 0.2) is 0 Å². The molecule has 0 N–H and O–H groups in total. The summed E-state index contributed by atoms with van der Waals surface area (Å²) in [6.07, 6.45) is 6.94. The van der Waals surface area contributed by atoms with E-state index in [1.165, 1.54) is 11.1 Å². The zero-order valence-corrected chi connectivity index (χ0v) is 12.7. The first-order valence-electron chi connectivity index (χ1n) is 7.41. The minimum Gasteiger partial charge on any atom is -0.207 e. The Morgan fingerprint density at radius 1 is 1.20 bits per heavy atom. The molecule has 0 saturated heterocycles. The van der Waals surface area contributed by atoms with Crippen LogP contribution >= 0.6 is 0 Å². The second-order valence-electron chi connectivity index (χ2n) is 5.58. The Morgan fingerprint density at radius 2 is 2.05 bits per heavy atom. The number of benzene rings is 1. The van der Waals surface area contributed by atoms with Crippen molar-refractivity contribution in [2.75, 3.05) is 13.1 Å². The van der Waals surface area contributed by atoms with E-state index in [1.54, 1.807) is 10.4 Å². The van der Waals surface area contributed by atoms with E-state index < -0.39 is 10.0 Å². The van der Waals surface area contributed by atoms with Crippen molar-refractivity contribution in [2.24, 2.45) is 0 Å². The van der Waals surface area contributed by atoms with Gasteiger partial charge >= 0.3 is 0 Å². The molecule has 0 saturated carbocycles. The summed E-state index contributed by atoms with van der Waals surface area (Å²) in [4.78, 5) is 0.542. The molecule has 20 heavy (non-hydrogen) atoms. The molecule has 3 nitrogen and oxygen atoms in total. The molecule has 0 radical (unpaired) electrons. The van der Waals surface area contributed by atoms with Crippen molar-refractivity contribution in [1.82, 2.24) is 4.31 Å². The van der Waals surface area contributed by atoms with E-state index in [9.17, 15) is 8.42 Å². The van der Waals surface area contributed by atoms with E-state index in [4.69, 9.17) is 0 Å². The lowest BCUT2D eigenvalue weighted by Crippen LogP contribution is -2.35. The summed E-state index contributed by atoms with van der Waals surface area (Å²) in [5.74, 6) is 0. The van der Waals surface area contributed by atoms with Crippen LogP contribution < -0.4 is 0 Å². The highest BCUT2D eigenvalue weighted by molar-refractivity contribution is 7.89. The van der Waals surface area contributed by atoms with Gasteiger partial charge in [0.1, 0.15) is 0 Å². The fourth-order valence-corrected chi connectivity index (χ4v) is 4.87. The molecular weight excluding hydrogens is 270 g/mol. The minimum absolute atomic E-state index is 0.523. The molecule has 1 aromatic carbocycles. The molecule has 108 valence electrons. The van der Waals surface area contributed by atoms with Gasteiger partial charge in [0.25, 0.3) is 0 Å². The third kappa shape index (κ3) is 2.31. The number of nitrogens with zero attached hydrogens (tertiary/aromatic N) is 1. The summed E-state index contributed by atoms with van der Waals surface area (Å²) in [6.45, 7) is 3.26. The van der Waals surface area contributed by atoms with Crippen LogP contribution in [0.4, 0.5) is 0 Å². The van der Waals surface area contributed by atoms with Crippen LogP contribution in [0.15, 0.2) is 34.7 Å². The van der Waals surface area contributed by atoms with Crippen molar-refractivity contribution < 1.29 is 8.42 Å². The average Bonchev–Trinajstić information content (AvgIpc) is 2.95. The molecule has 0 fully saturated rings. The van der Waals surface area contributed by atoms with Crippen molar-refractivity contribution in [3.05, 3.63) is 41.0 Å². The Kier molecular flexibility index (Phi) is 3.69. The van der Waals surface area contributed by atoms with Gasteiger partial charge in [-0.05, 0) is 49.3 Å². The Balaban J connectivity index is 1.94. The zero-order valence-electron chi connectivity index (χ0n) is 11.9. The van der Waals surface area contributed by atoms with Crippen LogP contribution in [0.5, 0.6) is 0 Å². The number of sulfonamides is 1. The first kappa shape index (κ1) is 13.8. The standard InChI is InChI=1S/C16H21NO2S/c1-2-13-9-11-17(12-10-13)20(18,19)16-8-4-6-14-5-3-7-15(14)16/h4,6,8-9H,2-3,5,7,10-12H2,1H3. The summed E-state index contributed by atoms with van der Waals surface area (Å²) in [5, 5.41) is 0. The fraction of sp³-hybridized carbons (Fsp3) is 0.500. The monoisotopic (exact) mass is 291 g/mol. The van der Waals surface area contributed by atoms with Crippen LogP contribution in [0, 0.1) is 0 Å². The Morgan fingerprint density at radius 3 is 2.75 bits per heavy atom. The van der Waals surface area contributed by atoms with Crippen molar-refractivity contribution in [3.8, 4) is 0 Å². The quantitative estimate of drug-likeness (QED) is 0.803. The van der Waals surface area contributed by atoms with Crippen molar-refractivity contribution in [2.45, 2.75) is 43.9 Å². The molecule has 0 amide bonds. The third-order valence-electron chi connectivity index (χ3n) is 4.44. The molecule has 0 spiro atoms. The van der Waals surface area contributed by atoms with Crippen LogP contribution in [0.2, 0.25) is 0 Å². The number of hydrogen-bond acceptors (Lipinski definition) is 2. The molecule has 0 bridgehead atoms. The van der Waals surface area contributed by atoms with E-state index in [2.05, 4.69) is 19.1 Å². The van der Waals surface area contributed by atoms with E-state index in [0.29, 0.717) is 18.0 Å². The van der Waals surface area contributed by atoms with Gasteiger partial charge in [0, 0.05) is 13.1 Å². The van der Waals surface area contributed by atoms with Gasteiger partial charge in [0.2, 0.25) is 10.0 Å². The van der Waals surface area contributed by atoms with Gasteiger partial charge in [-0.2, -0.15) is 4.31 Å². The Bertz CT molecular complexity index is 646. The van der Waals surface area contributed by atoms with Gasteiger partial charge in [0.05, 0.1) is 4.90 Å². The summed E-state index contributed by atoms with van der Waals surface area (Å²) in [7, 11) is -3.33. The van der Waals surface area contributed by atoms with Gasteiger partial charge in [-0.15, -0.1) is 0 Å². The number of hydrogen-bond donors (Lipinski definition) is 0. The van der Waals surface area contributed by atoms with Crippen LogP contribution in [-0.2, 0) is 22.9 Å². The molecule has 1 aliphatic carbocycles. The lowest BCUT2D eigenvalue weighted by atomic mass is 10.1. The first-order valence-corrected chi connectivity index (χ1v) is 8.85. The Labute approximate surface area is 121 Å². The molecule has 3 rings (SSSR count). The third-order valence-corrected chi connectivity index (χ3v) is 6.39. The lowest BCUT2D eigenvalue weighted by molar-refractivity contribution is 0.428. The topological polar surface area (TPSA) is 37.4 Å². The number of aryl methyl sites for hydroxylation is 1. The number of rotatable bonds is 3. The largest absolute Gasteiger partial charge is 0.243 e. The molecule has 0 unspecified atom stereocenters. The zero-order chi connectivity index (χ0) is 14.2. The van der Waals surface area contributed by atoms with Crippen LogP contribution in [0.1, 0.15) is 37.3 Å². The smallest absolute Gasteiger partial charge is 0.207 e. The second kappa shape index (κ2) is 5.34. The normalized spacial score (nSPS) is 19.8. The van der Waals surface area contributed by atoms with E-state index >= 15 is 0 Å². The van der Waals surface area contributed by atoms with Crippen molar-refractivity contribution in [1.29, 1.82) is 0 Å². The molecule has 0 aromatic heterocycles. The van der Waals surface area contributed by atoms with E-state index in [1.807, 2.05) is 6.07 Å². The molecule has 2 aliphatic rings. The van der Waals surface area contributed by atoms with Gasteiger partial charge in [-0.25, -0.2) is 8.42 Å². The fourth-order valence-electron chi connectivity index (χ4n) is 3.20. The molecule has 0 atom stereocenters. The maximum Gasteiger partial charge on any atom is 0.243 e. The van der Waals surface area contributed by atoms with Crippen LogP contribution in [0.25, 0.3) is 0 Å². The molecule has 1 aliphatic heterocycles. The maximum absolute atomic E-state index is 12.8. The van der Waals surface area contributed by atoms with Gasteiger partial charge in [-0.3, -0.25) is 0 Å². The van der Waals surface area contributed by atoms with Crippen LogP contribution in [-0.4, -0.2) is 25.8 Å². The van der Waals surface area contributed by atoms with E-state index in [-0.39, 0.29) is 0 Å². The maximum atomic E-state index is 12.8. The predicted molar refractivity (Wildman–Crippen MR) is 80.2 cm³/mol. The van der Waals surface area contributed by atoms with E-state index in [0.717, 1.165) is 37.7 Å². The average molecular weight is 291 g/mol. The van der Waals surface area contributed by atoms with Gasteiger partial charge in [-0.1, -0.05) is 30.7 Å². The lowest BCUT2D eigenvalue weighted by Gasteiger charge is -2.26. The van der Waals surface area contributed by atoms with Gasteiger partial charge < -0.3 is 0 Å². The highest BCUT2D eigenvalue weighted by atomic mass is 32.2. The molecule has 4 heteroatoms. The van der Waals surface area contributed by atoms with Crippen LogP contribution in [0.3, 0.4) is 0 Å². The summed E-state index contributed by atoms with van der Waals surface area (Å²) in [5.41, 5.74) is 3.64. The highest BCUT2D eigenvalue weighted by Gasteiger charge is 2.29. The SMILES string of the molecule is CCC1=CCN(S(=O)(=O)c2cccc3c2CCC3)CC1. The molecular formula is C16H21NO2S. The minimum atomic E-state index is -3.33. The Hall–Kier alpha value is -1.13. The highest BCUT2D eigenvalue weighted by Crippen LogP contribution is 2.31. The number of fused-ring (bicyclic) bond motifs is 1. The van der Waals surface area contributed by atoms with Crippen molar-refractivity contribution >= 4 is 10.0 Å². The predicted octanol–water partition coefficient (Wildman–Crippen LogP) is 2.91. The van der Waals surface area contributed by atoms with Crippen molar-refractivity contribution in [3.63, 3.8) is 0 Å². The summed E-state index contributed by atoms with van der Waals surface area (Å²) in [6, 6.07) is 5.72. The summed E-state index contributed by atoms with van der Waals surface area (Å²) < 4.78 is 27.3.